The highest BCUT2D eigenvalue weighted by molar-refractivity contribution is 5.33. The number of rotatable bonds is 3. The fourth-order valence-corrected chi connectivity index (χ4v) is 1.20. The Hall–Kier alpha value is -1.77. The first-order chi connectivity index (χ1) is 6.84. The third kappa shape index (κ3) is 2.13. The lowest BCUT2D eigenvalue weighted by Crippen LogP contribution is -1.98. The van der Waals surface area contributed by atoms with Gasteiger partial charge in [-0.05, 0) is 12.5 Å². The molecule has 1 aromatic heterocycles. The minimum atomic E-state index is 0.769. The number of nitrogens with one attached hydrogen (secondary N) is 1. The summed E-state index contributed by atoms with van der Waals surface area (Å²) in [6, 6.07) is 10.2. The van der Waals surface area contributed by atoms with Gasteiger partial charge in [-0.15, -0.1) is 0 Å². The van der Waals surface area contributed by atoms with Crippen molar-refractivity contribution in [3.05, 3.63) is 47.7 Å². The van der Waals surface area contributed by atoms with Crippen molar-refractivity contribution >= 4 is 5.82 Å². The van der Waals surface area contributed by atoms with E-state index in [1.807, 2.05) is 0 Å². The number of hydrogen-bond acceptors (Lipinski definition) is 3. The lowest BCUT2D eigenvalue weighted by Gasteiger charge is -2.02. The van der Waals surface area contributed by atoms with Crippen LogP contribution in [0.5, 0.6) is 0 Å². The molecule has 72 valence electrons. The summed E-state index contributed by atoms with van der Waals surface area (Å²) in [4.78, 5) is 0. The zero-order chi connectivity index (χ0) is 9.80. The number of benzene rings is 1. The molecule has 0 aliphatic rings. The van der Waals surface area contributed by atoms with Crippen molar-refractivity contribution in [3.8, 4) is 0 Å². The molecule has 0 aliphatic carbocycles. The van der Waals surface area contributed by atoms with Gasteiger partial charge in [-0.3, -0.25) is 0 Å². The third-order valence-corrected chi connectivity index (χ3v) is 2.03. The Kier molecular flexibility index (Phi) is 2.49. The van der Waals surface area contributed by atoms with E-state index in [0.29, 0.717) is 0 Å². The quantitative estimate of drug-likeness (QED) is 0.804. The Labute approximate surface area is 82.7 Å². The van der Waals surface area contributed by atoms with Crippen LogP contribution in [-0.2, 0) is 6.54 Å². The highest BCUT2D eigenvalue weighted by atomic mass is 16.5. The number of hydrogen-bond donors (Lipinski definition) is 1. The van der Waals surface area contributed by atoms with E-state index in [9.17, 15) is 0 Å². The smallest absolute Gasteiger partial charge is 0.169 e. The lowest BCUT2D eigenvalue weighted by atomic mass is 10.1. The molecule has 0 radical (unpaired) electrons. The Morgan fingerprint density at radius 3 is 2.64 bits per heavy atom. The Balaban J connectivity index is 1.95. The number of anilines is 1. The second kappa shape index (κ2) is 3.96. The van der Waals surface area contributed by atoms with E-state index in [2.05, 4.69) is 41.7 Å². The maximum absolute atomic E-state index is 4.71. The largest absolute Gasteiger partial charge is 0.363 e. The average molecular weight is 188 g/mol. The first-order valence-corrected chi connectivity index (χ1v) is 4.54. The highest BCUT2D eigenvalue weighted by Crippen LogP contribution is 2.07. The van der Waals surface area contributed by atoms with Gasteiger partial charge in [0.25, 0.3) is 0 Å². The topological polar surface area (TPSA) is 38.1 Å². The first kappa shape index (κ1) is 8.81. The maximum atomic E-state index is 4.71. The molecule has 0 bridgehead atoms. The molecule has 0 fully saturated rings. The zero-order valence-corrected chi connectivity index (χ0v) is 8.03. The summed E-state index contributed by atoms with van der Waals surface area (Å²) in [7, 11) is 0. The molecule has 0 unspecified atom stereocenters. The van der Waals surface area contributed by atoms with Crippen molar-refractivity contribution in [3.63, 3.8) is 0 Å². The van der Waals surface area contributed by atoms with Crippen molar-refractivity contribution in [1.82, 2.24) is 5.16 Å². The molecular weight excluding hydrogens is 176 g/mol. The van der Waals surface area contributed by atoms with Crippen LogP contribution in [0.3, 0.4) is 0 Å². The van der Waals surface area contributed by atoms with Gasteiger partial charge in [0, 0.05) is 12.6 Å². The number of nitrogens with zero attached hydrogens (tertiary/aromatic N) is 1. The maximum Gasteiger partial charge on any atom is 0.169 e. The van der Waals surface area contributed by atoms with Gasteiger partial charge in [0.15, 0.2) is 5.82 Å². The van der Waals surface area contributed by atoms with Crippen LogP contribution in [0.4, 0.5) is 5.82 Å². The summed E-state index contributed by atoms with van der Waals surface area (Å²) >= 11 is 0. The van der Waals surface area contributed by atoms with Crippen LogP contribution >= 0.6 is 0 Å². The van der Waals surface area contributed by atoms with Gasteiger partial charge in [0.05, 0.1) is 0 Å². The molecule has 0 saturated carbocycles. The molecule has 2 aromatic rings. The molecule has 1 aromatic carbocycles. The average Bonchev–Trinajstić information content (AvgIpc) is 2.70. The van der Waals surface area contributed by atoms with Crippen LogP contribution in [0, 0.1) is 6.92 Å². The molecule has 0 atom stereocenters. The molecule has 0 amide bonds. The van der Waals surface area contributed by atoms with E-state index in [-0.39, 0.29) is 0 Å². The molecule has 0 saturated heterocycles. The summed E-state index contributed by atoms with van der Waals surface area (Å²) in [6.45, 7) is 2.85. The van der Waals surface area contributed by atoms with Gasteiger partial charge in [-0.2, -0.15) is 0 Å². The van der Waals surface area contributed by atoms with E-state index < -0.39 is 0 Å². The standard InChI is InChI=1S/C11H12N2O/c1-9-2-4-10(5-3-9)8-12-11-6-7-14-13-11/h2-7H,8H2,1H3,(H,12,13). The van der Waals surface area contributed by atoms with Crippen LogP contribution in [0.2, 0.25) is 0 Å². The first-order valence-electron chi connectivity index (χ1n) is 4.54. The molecule has 0 aliphatic heterocycles. The fraction of sp³-hybridized carbons (Fsp3) is 0.182. The van der Waals surface area contributed by atoms with Crippen LogP contribution in [0.15, 0.2) is 41.1 Å². The van der Waals surface area contributed by atoms with Crippen molar-refractivity contribution < 1.29 is 4.52 Å². The van der Waals surface area contributed by atoms with Gasteiger partial charge in [-0.25, -0.2) is 0 Å². The summed E-state index contributed by atoms with van der Waals surface area (Å²) in [6.07, 6.45) is 1.55. The van der Waals surface area contributed by atoms with Gasteiger partial charge in [0.2, 0.25) is 0 Å². The van der Waals surface area contributed by atoms with Gasteiger partial charge in [-0.1, -0.05) is 35.0 Å². The molecule has 0 spiro atoms. The van der Waals surface area contributed by atoms with Crippen molar-refractivity contribution in [1.29, 1.82) is 0 Å². The van der Waals surface area contributed by atoms with Crippen molar-refractivity contribution in [2.75, 3.05) is 5.32 Å². The second-order valence-electron chi connectivity index (χ2n) is 3.22. The zero-order valence-electron chi connectivity index (χ0n) is 8.03. The molecule has 3 nitrogen and oxygen atoms in total. The van der Waals surface area contributed by atoms with Crippen LogP contribution < -0.4 is 5.32 Å². The number of aromatic nitrogens is 1. The summed E-state index contributed by atoms with van der Waals surface area (Å²) in [5.74, 6) is 0.769. The van der Waals surface area contributed by atoms with Crippen molar-refractivity contribution in [2.45, 2.75) is 13.5 Å². The third-order valence-electron chi connectivity index (χ3n) is 2.03. The normalized spacial score (nSPS) is 10.1. The summed E-state index contributed by atoms with van der Waals surface area (Å²) < 4.78 is 4.71. The Morgan fingerprint density at radius 2 is 2.00 bits per heavy atom. The van der Waals surface area contributed by atoms with Gasteiger partial charge < -0.3 is 9.84 Å². The predicted molar refractivity (Wildman–Crippen MR) is 55.0 cm³/mol. The van der Waals surface area contributed by atoms with Gasteiger partial charge >= 0.3 is 0 Å². The van der Waals surface area contributed by atoms with Crippen LogP contribution in [0.25, 0.3) is 0 Å². The van der Waals surface area contributed by atoms with E-state index >= 15 is 0 Å². The number of aryl methyl sites for hydroxylation is 1. The van der Waals surface area contributed by atoms with Gasteiger partial charge in [0.1, 0.15) is 6.26 Å². The molecule has 2 rings (SSSR count). The minimum absolute atomic E-state index is 0.769. The predicted octanol–water partition coefficient (Wildman–Crippen LogP) is 2.60. The van der Waals surface area contributed by atoms with E-state index in [1.54, 1.807) is 12.3 Å². The monoisotopic (exact) mass is 188 g/mol. The highest BCUT2D eigenvalue weighted by Gasteiger charge is 1.95. The lowest BCUT2D eigenvalue weighted by molar-refractivity contribution is 0.422. The van der Waals surface area contributed by atoms with Crippen LogP contribution in [0.1, 0.15) is 11.1 Å². The Bertz CT molecular complexity index is 378. The summed E-state index contributed by atoms with van der Waals surface area (Å²) in [5, 5.41) is 6.92. The molecule has 3 heteroatoms. The van der Waals surface area contributed by atoms with Crippen LogP contribution in [-0.4, -0.2) is 5.16 Å². The SMILES string of the molecule is Cc1ccc(CNc2ccon2)cc1. The second-order valence-corrected chi connectivity index (χ2v) is 3.22. The minimum Gasteiger partial charge on any atom is -0.363 e. The summed E-state index contributed by atoms with van der Waals surface area (Å²) in [5.41, 5.74) is 2.51. The molecule has 1 heterocycles. The van der Waals surface area contributed by atoms with Crippen molar-refractivity contribution in [2.24, 2.45) is 0 Å². The Morgan fingerprint density at radius 1 is 1.21 bits per heavy atom. The van der Waals surface area contributed by atoms with E-state index in [1.165, 1.54) is 11.1 Å². The fourth-order valence-electron chi connectivity index (χ4n) is 1.20. The molecular formula is C11H12N2O. The molecule has 1 N–H and O–H groups in total. The molecule has 14 heavy (non-hydrogen) atoms. The van der Waals surface area contributed by atoms with E-state index in [0.717, 1.165) is 12.4 Å². The van der Waals surface area contributed by atoms with E-state index in [4.69, 9.17) is 4.52 Å².